The molecule has 0 aliphatic carbocycles. The van der Waals surface area contributed by atoms with Gasteiger partial charge in [0, 0.05) is 29.6 Å². The number of imide groups is 1. The minimum Gasteiger partial charge on any atom is -0.444 e. The minimum absolute atomic E-state index is 0.0213. The molecule has 0 radical (unpaired) electrons. The molecule has 0 unspecified atom stereocenters. The van der Waals surface area contributed by atoms with Crippen molar-refractivity contribution in [2.24, 2.45) is 0 Å². The predicted octanol–water partition coefficient (Wildman–Crippen LogP) is 1.88. The number of aromatic nitrogens is 1. The zero-order valence-corrected chi connectivity index (χ0v) is 14.9. The molecule has 28 heavy (non-hydrogen) atoms. The number of fused-ring (bicyclic) bond motifs is 1. The lowest BCUT2D eigenvalue weighted by molar-refractivity contribution is -0.129. The van der Waals surface area contributed by atoms with Crippen molar-refractivity contribution >= 4 is 28.8 Å². The van der Waals surface area contributed by atoms with E-state index >= 15 is 0 Å². The number of hydrogen-bond acceptors (Lipinski definition) is 5. The van der Waals surface area contributed by atoms with E-state index in [9.17, 15) is 19.2 Å². The molecule has 0 bridgehead atoms. The third kappa shape index (κ3) is 4.07. The number of hydrogen-bond donors (Lipinski definition) is 3. The Morgan fingerprint density at radius 1 is 1.00 bits per heavy atom. The number of benzene rings is 2. The molecule has 142 valence electrons. The maximum atomic E-state index is 12.8. The van der Waals surface area contributed by atoms with Gasteiger partial charge in [0.25, 0.3) is 5.91 Å². The van der Waals surface area contributed by atoms with E-state index in [1.165, 1.54) is 7.05 Å². The normalized spacial score (nSPS) is 11.5. The molecule has 1 heterocycles. The summed E-state index contributed by atoms with van der Waals surface area (Å²) in [5.41, 5.74) is 0.393. The molecule has 1 atom stereocenters. The van der Waals surface area contributed by atoms with Crippen LogP contribution < -0.4 is 16.2 Å². The summed E-state index contributed by atoms with van der Waals surface area (Å²) in [6.45, 7) is 0. The summed E-state index contributed by atoms with van der Waals surface area (Å²) in [4.78, 5) is 51.3. The molecular weight excluding hydrogens is 362 g/mol. The van der Waals surface area contributed by atoms with Gasteiger partial charge in [-0.15, -0.1) is 0 Å². The van der Waals surface area contributed by atoms with Crippen LogP contribution in [0.1, 0.15) is 22.0 Å². The van der Waals surface area contributed by atoms with Crippen molar-refractivity contribution < 1.29 is 19.1 Å². The number of ether oxygens (including phenoxy) is 1. The number of urea groups is 1. The molecule has 0 saturated carbocycles. The predicted molar refractivity (Wildman–Crippen MR) is 102 cm³/mol. The molecule has 2 aromatic carbocycles. The van der Waals surface area contributed by atoms with Gasteiger partial charge in [-0.05, 0) is 6.07 Å². The number of pyridine rings is 1. The molecule has 0 spiro atoms. The van der Waals surface area contributed by atoms with E-state index in [-0.39, 0.29) is 5.56 Å². The number of rotatable bonds is 4. The van der Waals surface area contributed by atoms with Gasteiger partial charge in [-0.3, -0.25) is 14.9 Å². The van der Waals surface area contributed by atoms with Crippen molar-refractivity contribution in [3.05, 3.63) is 82.1 Å². The van der Waals surface area contributed by atoms with E-state index in [1.54, 1.807) is 54.6 Å². The van der Waals surface area contributed by atoms with Gasteiger partial charge >= 0.3 is 12.0 Å². The van der Waals surface area contributed by atoms with Crippen LogP contribution in [0, 0.1) is 0 Å². The van der Waals surface area contributed by atoms with Crippen LogP contribution in [0.25, 0.3) is 10.9 Å². The van der Waals surface area contributed by atoms with E-state index in [4.69, 9.17) is 4.74 Å². The summed E-state index contributed by atoms with van der Waals surface area (Å²) in [5, 5.41) is 4.84. The van der Waals surface area contributed by atoms with Gasteiger partial charge in [0.15, 0.2) is 0 Å². The molecular formula is C20H17N3O5. The second kappa shape index (κ2) is 8.17. The van der Waals surface area contributed by atoms with Crippen LogP contribution in [0.5, 0.6) is 0 Å². The summed E-state index contributed by atoms with van der Waals surface area (Å²) in [6.07, 6.45) is -1.37. The Morgan fingerprint density at radius 3 is 2.39 bits per heavy atom. The lowest BCUT2D eigenvalue weighted by atomic mass is 10.1. The molecule has 3 rings (SSSR count). The van der Waals surface area contributed by atoms with Crippen LogP contribution in [-0.4, -0.2) is 29.9 Å². The van der Waals surface area contributed by atoms with Gasteiger partial charge in [0.1, 0.15) is 0 Å². The molecule has 1 aromatic heterocycles. The van der Waals surface area contributed by atoms with Crippen LogP contribution in [-0.2, 0) is 9.53 Å². The first-order valence-corrected chi connectivity index (χ1v) is 8.40. The first-order valence-electron chi connectivity index (χ1n) is 8.40. The van der Waals surface area contributed by atoms with Crippen LogP contribution in [0.2, 0.25) is 0 Å². The average Bonchev–Trinajstić information content (AvgIpc) is 2.71. The Hall–Kier alpha value is -3.94. The smallest absolute Gasteiger partial charge is 0.340 e. The lowest BCUT2D eigenvalue weighted by Gasteiger charge is -2.18. The fourth-order valence-corrected chi connectivity index (χ4v) is 2.68. The standard InChI is InChI=1S/C20H17N3O5/c1-21-20(27)23-18(25)17(12-7-3-2-4-8-12)28-19(26)14-11-16(24)22-15-10-6-5-9-13(14)15/h2-11,17H,1H3,(H,22,24)(H2,21,23,25,27)/t17-/m1/s1. The maximum Gasteiger partial charge on any atom is 0.340 e. The average molecular weight is 379 g/mol. The minimum atomic E-state index is -1.37. The Bertz CT molecular complexity index is 1090. The summed E-state index contributed by atoms with van der Waals surface area (Å²) < 4.78 is 5.41. The van der Waals surface area contributed by atoms with Gasteiger partial charge < -0.3 is 15.0 Å². The second-order valence-corrected chi connectivity index (χ2v) is 5.86. The van der Waals surface area contributed by atoms with E-state index < -0.39 is 29.6 Å². The number of para-hydroxylation sites is 1. The number of carbonyl (C=O) groups excluding carboxylic acids is 3. The number of H-pyrrole nitrogens is 1. The summed E-state index contributed by atoms with van der Waals surface area (Å²) >= 11 is 0. The lowest BCUT2D eigenvalue weighted by Crippen LogP contribution is -2.41. The van der Waals surface area contributed by atoms with Crippen molar-refractivity contribution in [2.75, 3.05) is 7.05 Å². The second-order valence-electron chi connectivity index (χ2n) is 5.86. The van der Waals surface area contributed by atoms with Crippen molar-refractivity contribution in [2.45, 2.75) is 6.10 Å². The summed E-state index contributed by atoms with van der Waals surface area (Å²) in [5.74, 6) is -1.67. The Kier molecular flexibility index (Phi) is 5.50. The number of carbonyl (C=O) groups is 3. The van der Waals surface area contributed by atoms with Crippen LogP contribution in [0.4, 0.5) is 4.79 Å². The SMILES string of the molecule is CNC(=O)NC(=O)[C@H](OC(=O)c1cc(=O)[nH]c2ccccc12)c1ccccc1. The highest BCUT2D eigenvalue weighted by Gasteiger charge is 2.27. The van der Waals surface area contributed by atoms with E-state index in [0.717, 1.165) is 6.07 Å². The van der Waals surface area contributed by atoms with Crippen LogP contribution >= 0.6 is 0 Å². The largest absolute Gasteiger partial charge is 0.444 e. The molecule has 8 nitrogen and oxygen atoms in total. The Morgan fingerprint density at radius 2 is 1.68 bits per heavy atom. The highest BCUT2D eigenvalue weighted by atomic mass is 16.5. The number of aromatic amines is 1. The highest BCUT2D eigenvalue weighted by molar-refractivity contribution is 6.05. The van der Waals surface area contributed by atoms with E-state index in [1.807, 2.05) is 0 Å². The monoisotopic (exact) mass is 379 g/mol. The van der Waals surface area contributed by atoms with Gasteiger partial charge in [0.2, 0.25) is 11.7 Å². The van der Waals surface area contributed by atoms with Crippen molar-refractivity contribution in [3.63, 3.8) is 0 Å². The summed E-state index contributed by atoms with van der Waals surface area (Å²) in [7, 11) is 1.36. The summed E-state index contributed by atoms with van der Waals surface area (Å²) in [6, 6.07) is 15.4. The van der Waals surface area contributed by atoms with Gasteiger partial charge in [0.05, 0.1) is 5.56 Å². The molecule has 0 aliphatic heterocycles. The number of amides is 3. The number of nitrogens with one attached hydrogen (secondary N) is 3. The van der Waals surface area contributed by atoms with Gasteiger partial charge in [-0.1, -0.05) is 48.5 Å². The third-order valence-corrected chi connectivity index (χ3v) is 4.00. The third-order valence-electron chi connectivity index (χ3n) is 4.00. The Balaban J connectivity index is 1.97. The molecule has 3 N–H and O–H groups in total. The molecule has 0 aliphatic rings. The van der Waals surface area contributed by atoms with Crippen molar-refractivity contribution in [1.29, 1.82) is 0 Å². The molecule has 3 amide bonds. The zero-order chi connectivity index (χ0) is 20.1. The van der Waals surface area contributed by atoms with Crippen LogP contribution in [0.15, 0.2) is 65.5 Å². The van der Waals surface area contributed by atoms with Crippen LogP contribution in [0.3, 0.4) is 0 Å². The van der Waals surface area contributed by atoms with E-state index in [2.05, 4.69) is 15.6 Å². The zero-order valence-electron chi connectivity index (χ0n) is 14.9. The molecule has 8 heteroatoms. The Labute approximate surface area is 159 Å². The maximum absolute atomic E-state index is 12.8. The fraction of sp³-hybridized carbons (Fsp3) is 0.100. The topological polar surface area (TPSA) is 117 Å². The fourth-order valence-electron chi connectivity index (χ4n) is 2.68. The molecule has 0 fully saturated rings. The quantitative estimate of drug-likeness (QED) is 0.599. The van der Waals surface area contributed by atoms with Gasteiger partial charge in [-0.25, -0.2) is 9.59 Å². The highest BCUT2D eigenvalue weighted by Crippen LogP contribution is 2.22. The molecule has 3 aromatic rings. The molecule has 0 saturated heterocycles. The first kappa shape index (κ1) is 18.8. The van der Waals surface area contributed by atoms with E-state index in [0.29, 0.717) is 16.5 Å². The number of esters is 1. The van der Waals surface area contributed by atoms with Crippen molar-refractivity contribution in [1.82, 2.24) is 15.6 Å². The van der Waals surface area contributed by atoms with Crippen molar-refractivity contribution in [3.8, 4) is 0 Å². The first-order chi connectivity index (χ1) is 13.5. The van der Waals surface area contributed by atoms with Gasteiger partial charge in [-0.2, -0.15) is 0 Å².